The molecule has 2 fully saturated rings. The van der Waals surface area contributed by atoms with Crippen LogP contribution in [0.15, 0.2) is 47.8 Å². The van der Waals surface area contributed by atoms with Gasteiger partial charge in [-0.05, 0) is 69.3 Å². The lowest BCUT2D eigenvalue weighted by Crippen LogP contribution is -2.48. The Labute approximate surface area is 237 Å². The Morgan fingerprint density at radius 1 is 1.15 bits per heavy atom. The van der Waals surface area contributed by atoms with Gasteiger partial charge < -0.3 is 15.1 Å². The van der Waals surface area contributed by atoms with Gasteiger partial charge in [0.05, 0.1) is 18.3 Å². The minimum absolute atomic E-state index is 0.0514. The minimum atomic E-state index is -0.339. The maximum atomic E-state index is 14.2. The standard InChI is InChI=1S/C32H42N6O2/c1-5-12-36-13-15-37(16-14-36)29(39)11-9-24-7-8-25(18-23(24)3)31(40)38-21-26-20-33-35(4)30(26)34-28-10-6-22(2)17-27-19-32(27,28)38/h7-8,10,17-18,20,27,34H,5-6,9,11-16,19,21H2,1-4H3. The van der Waals surface area contributed by atoms with Crippen LogP contribution in [0.25, 0.3) is 0 Å². The first-order valence-corrected chi connectivity index (χ1v) is 14.9. The molecule has 0 radical (unpaired) electrons. The van der Waals surface area contributed by atoms with Crippen LogP contribution in [0.3, 0.4) is 0 Å². The Hall–Kier alpha value is -3.39. The molecule has 212 valence electrons. The fourth-order valence-electron chi connectivity index (χ4n) is 6.90. The quantitative estimate of drug-likeness (QED) is 0.552. The highest BCUT2D eigenvalue weighted by Crippen LogP contribution is 2.58. The van der Waals surface area contributed by atoms with Crippen molar-refractivity contribution in [2.75, 3.05) is 38.0 Å². The van der Waals surface area contributed by atoms with E-state index in [1.165, 1.54) is 5.57 Å². The molecule has 1 aromatic carbocycles. The van der Waals surface area contributed by atoms with Crippen LogP contribution in [0.1, 0.15) is 66.6 Å². The molecular weight excluding hydrogens is 500 g/mol. The summed E-state index contributed by atoms with van der Waals surface area (Å²) in [7, 11) is 1.94. The first-order chi connectivity index (χ1) is 19.3. The van der Waals surface area contributed by atoms with E-state index in [1.807, 2.05) is 35.0 Å². The van der Waals surface area contributed by atoms with Gasteiger partial charge in [0.2, 0.25) is 5.91 Å². The number of nitrogens with one attached hydrogen (secondary N) is 1. The largest absolute Gasteiger partial charge is 0.342 e. The van der Waals surface area contributed by atoms with Crippen molar-refractivity contribution >= 4 is 17.6 Å². The van der Waals surface area contributed by atoms with Gasteiger partial charge in [0.25, 0.3) is 5.91 Å². The number of nitrogens with zero attached hydrogens (tertiary/aromatic N) is 5. The van der Waals surface area contributed by atoms with Gasteiger partial charge in [0, 0.05) is 62.4 Å². The fourth-order valence-corrected chi connectivity index (χ4v) is 6.90. The Bertz CT molecular complexity index is 1380. The van der Waals surface area contributed by atoms with Crippen molar-refractivity contribution in [3.8, 4) is 0 Å². The van der Waals surface area contributed by atoms with Crippen molar-refractivity contribution in [3.05, 3.63) is 70.1 Å². The number of piperazine rings is 1. The lowest BCUT2D eigenvalue weighted by Gasteiger charge is -2.34. The predicted octanol–water partition coefficient (Wildman–Crippen LogP) is 4.28. The first-order valence-electron chi connectivity index (χ1n) is 14.9. The minimum Gasteiger partial charge on any atom is -0.342 e. The monoisotopic (exact) mass is 542 g/mol. The lowest BCUT2D eigenvalue weighted by atomic mass is 9.99. The normalized spacial score (nSPS) is 24.1. The Balaban J connectivity index is 1.18. The predicted molar refractivity (Wildman–Crippen MR) is 157 cm³/mol. The van der Waals surface area contributed by atoms with Gasteiger partial charge in [-0.2, -0.15) is 5.10 Å². The van der Waals surface area contributed by atoms with E-state index in [2.05, 4.69) is 59.2 Å². The van der Waals surface area contributed by atoms with E-state index in [4.69, 9.17) is 0 Å². The highest BCUT2D eigenvalue weighted by Gasteiger charge is 2.62. The molecule has 4 aliphatic rings. The molecule has 2 atom stereocenters. The van der Waals surface area contributed by atoms with Crippen molar-refractivity contribution in [1.29, 1.82) is 0 Å². The van der Waals surface area contributed by atoms with Crippen molar-refractivity contribution in [3.63, 3.8) is 0 Å². The van der Waals surface area contributed by atoms with E-state index in [0.717, 1.165) is 80.2 Å². The van der Waals surface area contributed by atoms with Crippen LogP contribution < -0.4 is 5.32 Å². The second-order valence-corrected chi connectivity index (χ2v) is 12.1. The van der Waals surface area contributed by atoms with Gasteiger partial charge >= 0.3 is 0 Å². The number of anilines is 1. The average Bonchev–Trinajstić information content (AvgIpc) is 3.60. The second-order valence-electron chi connectivity index (χ2n) is 12.1. The third-order valence-corrected chi connectivity index (χ3v) is 9.35. The summed E-state index contributed by atoms with van der Waals surface area (Å²) >= 11 is 0. The number of aromatic nitrogens is 2. The number of hydrogen-bond donors (Lipinski definition) is 1. The smallest absolute Gasteiger partial charge is 0.254 e. The van der Waals surface area contributed by atoms with Gasteiger partial charge in [-0.1, -0.05) is 30.7 Å². The molecule has 3 heterocycles. The molecule has 2 aliphatic heterocycles. The molecule has 2 unspecified atom stereocenters. The summed E-state index contributed by atoms with van der Waals surface area (Å²) in [5.74, 6) is 1.56. The van der Waals surface area contributed by atoms with E-state index < -0.39 is 0 Å². The van der Waals surface area contributed by atoms with Crippen molar-refractivity contribution in [2.45, 2.75) is 65.0 Å². The number of aryl methyl sites for hydroxylation is 3. The summed E-state index contributed by atoms with van der Waals surface area (Å²) in [6.07, 6.45) is 10.7. The zero-order valence-electron chi connectivity index (χ0n) is 24.4. The molecule has 1 N–H and O–H groups in total. The molecule has 8 heteroatoms. The number of amides is 2. The molecule has 1 spiro atoms. The van der Waals surface area contributed by atoms with E-state index >= 15 is 0 Å². The van der Waals surface area contributed by atoms with Crippen LogP contribution in [-0.2, 0) is 24.8 Å². The zero-order chi connectivity index (χ0) is 28.0. The maximum absolute atomic E-state index is 14.2. The number of allylic oxidation sites excluding steroid dienone is 2. The Morgan fingerprint density at radius 2 is 1.95 bits per heavy atom. The third kappa shape index (κ3) is 4.76. The summed E-state index contributed by atoms with van der Waals surface area (Å²) in [6.45, 7) is 11.7. The van der Waals surface area contributed by atoms with E-state index in [-0.39, 0.29) is 17.4 Å². The first kappa shape index (κ1) is 26.8. The van der Waals surface area contributed by atoms with E-state index in [9.17, 15) is 9.59 Å². The number of benzene rings is 1. The van der Waals surface area contributed by atoms with Crippen LogP contribution in [0, 0.1) is 12.8 Å². The third-order valence-electron chi connectivity index (χ3n) is 9.35. The van der Waals surface area contributed by atoms with Crippen LogP contribution in [-0.4, -0.2) is 74.6 Å². The fraction of sp³-hybridized carbons (Fsp3) is 0.531. The second kappa shape index (κ2) is 10.5. The summed E-state index contributed by atoms with van der Waals surface area (Å²) in [6, 6.07) is 6.02. The van der Waals surface area contributed by atoms with Gasteiger partial charge in [0.15, 0.2) is 0 Å². The molecular formula is C32H42N6O2. The van der Waals surface area contributed by atoms with Crippen molar-refractivity contribution < 1.29 is 9.59 Å². The summed E-state index contributed by atoms with van der Waals surface area (Å²) < 4.78 is 1.87. The SMILES string of the molecule is CCCN1CCN(C(=O)CCc2ccc(C(=O)N3Cc4cnn(C)c4NC4=CCC(C)=CC5CC453)cc2C)CC1. The number of fused-ring (bicyclic) bond motifs is 1. The molecule has 6 rings (SSSR count). The molecule has 2 amide bonds. The van der Waals surface area contributed by atoms with Crippen LogP contribution in [0.2, 0.25) is 0 Å². The van der Waals surface area contributed by atoms with Crippen LogP contribution in [0.4, 0.5) is 5.82 Å². The van der Waals surface area contributed by atoms with Gasteiger partial charge in [-0.25, -0.2) is 0 Å². The molecule has 2 aromatic rings. The summed E-state index contributed by atoms with van der Waals surface area (Å²) in [5, 5.41) is 8.14. The molecule has 40 heavy (non-hydrogen) atoms. The highest BCUT2D eigenvalue weighted by atomic mass is 16.2. The van der Waals surface area contributed by atoms with Crippen LogP contribution in [0.5, 0.6) is 0 Å². The Kier molecular flexibility index (Phi) is 7.07. The van der Waals surface area contributed by atoms with Crippen LogP contribution >= 0.6 is 0 Å². The van der Waals surface area contributed by atoms with Gasteiger partial charge in [-0.3, -0.25) is 19.2 Å². The summed E-state index contributed by atoms with van der Waals surface area (Å²) in [4.78, 5) is 33.7. The molecule has 0 bridgehead atoms. The molecule has 2 aliphatic carbocycles. The number of rotatable bonds is 6. The number of carbonyl (C=O) groups excluding carboxylic acids is 2. The maximum Gasteiger partial charge on any atom is 0.254 e. The highest BCUT2D eigenvalue weighted by molar-refractivity contribution is 5.96. The zero-order valence-corrected chi connectivity index (χ0v) is 24.4. The number of hydrogen-bond acceptors (Lipinski definition) is 5. The topological polar surface area (TPSA) is 73.7 Å². The summed E-state index contributed by atoms with van der Waals surface area (Å²) in [5.41, 5.74) is 6.07. The number of carbonyl (C=O) groups is 2. The molecule has 1 aromatic heterocycles. The molecule has 1 saturated heterocycles. The molecule has 8 nitrogen and oxygen atoms in total. The van der Waals surface area contributed by atoms with Crippen molar-refractivity contribution in [1.82, 2.24) is 24.5 Å². The molecule has 1 saturated carbocycles. The van der Waals surface area contributed by atoms with E-state index in [1.54, 1.807) is 0 Å². The van der Waals surface area contributed by atoms with E-state index in [0.29, 0.717) is 30.9 Å². The van der Waals surface area contributed by atoms with Gasteiger partial charge in [0.1, 0.15) is 5.82 Å². The Morgan fingerprint density at radius 3 is 2.70 bits per heavy atom. The average molecular weight is 543 g/mol. The lowest BCUT2D eigenvalue weighted by molar-refractivity contribution is -0.132. The van der Waals surface area contributed by atoms with Crippen molar-refractivity contribution in [2.24, 2.45) is 13.0 Å². The van der Waals surface area contributed by atoms with Gasteiger partial charge in [-0.15, -0.1) is 0 Å².